The maximum Gasteiger partial charge on any atom is 0.336 e. The number of ether oxygens (including phenoxy) is 1. The van der Waals surface area contributed by atoms with Gasteiger partial charge in [-0.15, -0.1) is 11.3 Å². The van der Waals surface area contributed by atoms with Gasteiger partial charge in [0.1, 0.15) is 17.9 Å². The average Bonchev–Trinajstić information content (AvgIpc) is 3.08. The van der Waals surface area contributed by atoms with Gasteiger partial charge < -0.3 is 9.15 Å². The lowest BCUT2D eigenvalue weighted by Gasteiger charge is -2.10. The maximum atomic E-state index is 11.7. The van der Waals surface area contributed by atoms with Crippen LogP contribution in [0.1, 0.15) is 31.5 Å². The van der Waals surface area contributed by atoms with E-state index >= 15 is 0 Å². The number of benzene rings is 1. The number of amides is 1. The molecule has 0 aliphatic heterocycles. The molecule has 2 heterocycles. The average molecular weight is 372 g/mol. The molecule has 3 aromatic rings. The number of carbonyl (C=O) groups excluding carboxylic acids is 1. The number of fused-ring (bicyclic) bond motifs is 1. The Morgan fingerprint density at radius 1 is 1.35 bits per heavy atom. The van der Waals surface area contributed by atoms with Crippen LogP contribution in [0, 0.1) is 0 Å². The van der Waals surface area contributed by atoms with Gasteiger partial charge in [0.2, 0.25) is 5.91 Å². The molecule has 0 atom stereocenters. The van der Waals surface area contributed by atoms with Crippen molar-refractivity contribution in [3.05, 3.63) is 51.3 Å². The molecule has 0 N–H and O–H groups in total. The van der Waals surface area contributed by atoms with Gasteiger partial charge in [0.05, 0.1) is 5.69 Å². The Morgan fingerprint density at radius 3 is 2.88 bits per heavy atom. The lowest BCUT2D eigenvalue weighted by atomic mass is 10.1. The number of hydrogen-bond donors (Lipinski definition) is 0. The van der Waals surface area contributed by atoms with E-state index in [1.54, 1.807) is 19.2 Å². The molecule has 2 aromatic heterocycles. The fraction of sp³-hybridized carbons (Fsp3) is 0.316. The number of nitrogens with zero attached hydrogens (tertiary/aromatic N) is 2. The van der Waals surface area contributed by atoms with Gasteiger partial charge in [-0.25, -0.2) is 9.78 Å². The lowest BCUT2D eigenvalue weighted by Crippen LogP contribution is -2.22. The summed E-state index contributed by atoms with van der Waals surface area (Å²) in [4.78, 5) is 29.0. The van der Waals surface area contributed by atoms with Gasteiger partial charge >= 0.3 is 5.63 Å². The van der Waals surface area contributed by atoms with Crippen LogP contribution in [0.5, 0.6) is 5.75 Å². The van der Waals surface area contributed by atoms with Gasteiger partial charge in [-0.2, -0.15) is 0 Å². The molecule has 0 spiro atoms. The molecule has 0 radical (unpaired) electrons. The van der Waals surface area contributed by atoms with E-state index < -0.39 is 0 Å². The molecular formula is C19H20N2O4S. The zero-order chi connectivity index (χ0) is 18.7. The summed E-state index contributed by atoms with van der Waals surface area (Å²) in [5, 5.41) is 3.41. The highest BCUT2D eigenvalue weighted by atomic mass is 32.1. The smallest absolute Gasteiger partial charge is 0.336 e. The molecule has 0 fully saturated rings. The van der Waals surface area contributed by atoms with E-state index in [4.69, 9.17) is 9.15 Å². The summed E-state index contributed by atoms with van der Waals surface area (Å²) in [6, 6.07) is 7.05. The Hall–Kier alpha value is -2.67. The molecule has 0 unspecified atom stereocenters. The Bertz CT molecular complexity index is 993. The maximum absolute atomic E-state index is 11.7. The van der Waals surface area contributed by atoms with Gasteiger partial charge in [0, 0.05) is 36.9 Å². The zero-order valence-corrected chi connectivity index (χ0v) is 15.8. The lowest BCUT2D eigenvalue weighted by molar-refractivity contribution is -0.116. The minimum atomic E-state index is -0.352. The van der Waals surface area contributed by atoms with Gasteiger partial charge in [-0.3, -0.25) is 9.69 Å². The van der Waals surface area contributed by atoms with Crippen LogP contribution in [0.25, 0.3) is 11.0 Å². The van der Waals surface area contributed by atoms with Crippen LogP contribution in [-0.4, -0.2) is 17.9 Å². The number of thiazole rings is 1. The third kappa shape index (κ3) is 3.94. The van der Waals surface area contributed by atoms with E-state index in [0.29, 0.717) is 16.5 Å². The minimum Gasteiger partial charge on any atom is -0.487 e. The van der Waals surface area contributed by atoms with Crippen LogP contribution in [0.3, 0.4) is 0 Å². The first kappa shape index (κ1) is 18.1. The summed E-state index contributed by atoms with van der Waals surface area (Å²) in [7, 11) is 1.69. The Morgan fingerprint density at radius 2 is 2.15 bits per heavy atom. The molecule has 1 aromatic carbocycles. The van der Waals surface area contributed by atoms with Crippen molar-refractivity contribution in [1.82, 2.24) is 4.98 Å². The van der Waals surface area contributed by atoms with Crippen molar-refractivity contribution in [2.75, 3.05) is 11.9 Å². The van der Waals surface area contributed by atoms with Crippen LogP contribution in [0.4, 0.5) is 5.13 Å². The van der Waals surface area contributed by atoms with E-state index in [2.05, 4.69) is 11.9 Å². The van der Waals surface area contributed by atoms with E-state index in [-0.39, 0.29) is 18.1 Å². The molecule has 0 aliphatic carbocycles. The highest BCUT2D eigenvalue weighted by Gasteiger charge is 2.11. The fourth-order valence-corrected chi connectivity index (χ4v) is 3.40. The quantitative estimate of drug-likeness (QED) is 0.616. The normalized spacial score (nSPS) is 10.9. The molecule has 1 amide bonds. The second-order valence-electron chi connectivity index (χ2n) is 5.99. The van der Waals surface area contributed by atoms with Crippen molar-refractivity contribution in [1.29, 1.82) is 0 Å². The third-order valence-electron chi connectivity index (χ3n) is 4.01. The number of rotatable bonds is 6. The topological polar surface area (TPSA) is 72.6 Å². The molecule has 7 heteroatoms. The monoisotopic (exact) mass is 372 g/mol. The number of hydrogen-bond acceptors (Lipinski definition) is 6. The molecule has 136 valence electrons. The van der Waals surface area contributed by atoms with Gasteiger partial charge in [-0.1, -0.05) is 13.3 Å². The molecule has 0 aliphatic rings. The first-order valence-electron chi connectivity index (χ1n) is 8.36. The van der Waals surface area contributed by atoms with Crippen molar-refractivity contribution in [2.24, 2.45) is 0 Å². The minimum absolute atomic E-state index is 0.0701. The van der Waals surface area contributed by atoms with Gasteiger partial charge in [0.25, 0.3) is 0 Å². The molecule has 0 saturated carbocycles. The molecule has 26 heavy (non-hydrogen) atoms. The predicted molar refractivity (Wildman–Crippen MR) is 102 cm³/mol. The van der Waals surface area contributed by atoms with Crippen LogP contribution >= 0.6 is 11.3 Å². The number of aromatic nitrogens is 1. The number of carbonyl (C=O) groups is 1. The van der Waals surface area contributed by atoms with E-state index in [1.165, 1.54) is 23.2 Å². The molecular weight excluding hydrogens is 352 g/mol. The van der Waals surface area contributed by atoms with Crippen LogP contribution in [0.2, 0.25) is 0 Å². The van der Waals surface area contributed by atoms with Crippen molar-refractivity contribution < 1.29 is 13.9 Å². The summed E-state index contributed by atoms with van der Waals surface area (Å²) in [5.41, 5.74) is 1.89. The van der Waals surface area contributed by atoms with Crippen molar-refractivity contribution in [3.63, 3.8) is 0 Å². The zero-order valence-electron chi connectivity index (χ0n) is 14.9. The first-order chi connectivity index (χ1) is 12.5. The Kier molecular flexibility index (Phi) is 5.37. The Balaban J connectivity index is 1.77. The van der Waals surface area contributed by atoms with Crippen molar-refractivity contribution in [3.8, 4) is 5.75 Å². The summed E-state index contributed by atoms with van der Waals surface area (Å²) in [6.07, 6.45) is 1.78. The predicted octanol–water partition coefficient (Wildman–Crippen LogP) is 3.76. The second-order valence-corrected chi connectivity index (χ2v) is 6.82. The third-order valence-corrected chi connectivity index (χ3v) is 4.97. The highest BCUT2D eigenvalue weighted by molar-refractivity contribution is 7.14. The second kappa shape index (κ2) is 7.70. The van der Waals surface area contributed by atoms with E-state index in [9.17, 15) is 9.59 Å². The summed E-state index contributed by atoms with van der Waals surface area (Å²) < 4.78 is 11.1. The SMILES string of the molecule is CCCc1cc(=O)oc2cc(OCc3csc(N(C)C(C)=O)n3)ccc12. The van der Waals surface area contributed by atoms with Gasteiger partial charge in [0.15, 0.2) is 5.13 Å². The number of aryl methyl sites for hydroxylation is 1. The largest absolute Gasteiger partial charge is 0.487 e. The summed E-state index contributed by atoms with van der Waals surface area (Å²) in [6.45, 7) is 3.84. The standard InChI is InChI=1S/C19H20N2O4S/c1-4-5-13-8-18(23)25-17-9-15(6-7-16(13)17)24-10-14-11-26-19(20-14)21(3)12(2)22/h6-9,11H,4-5,10H2,1-3H3. The fourth-order valence-electron chi connectivity index (χ4n) is 2.58. The summed E-state index contributed by atoms with van der Waals surface area (Å²) >= 11 is 1.39. The molecule has 3 rings (SSSR count). The summed E-state index contributed by atoms with van der Waals surface area (Å²) in [5.74, 6) is 0.531. The van der Waals surface area contributed by atoms with Crippen LogP contribution < -0.4 is 15.3 Å². The molecule has 0 bridgehead atoms. The number of anilines is 1. The first-order valence-corrected chi connectivity index (χ1v) is 9.24. The molecule has 0 saturated heterocycles. The Labute approximate surface area is 155 Å². The van der Waals surface area contributed by atoms with Crippen molar-refractivity contribution >= 4 is 33.3 Å². The van der Waals surface area contributed by atoms with Crippen molar-refractivity contribution in [2.45, 2.75) is 33.3 Å². The van der Waals surface area contributed by atoms with Crippen LogP contribution in [0.15, 0.2) is 38.9 Å². The molecule has 6 nitrogen and oxygen atoms in total. The van der Waals surface area contributed by atoms with Crippen LogP contribution in [-0.2, 0) is 17.8 Å². The van der Waals surface area contributed by atoms with E-state index in [0.717, 1.165) is 29.5 Å². The van der Waals surface area contributed by atoms with Gasteiger partial charge in [-0.05, 0) is 24.1 Å². The highest BCUT2D eigenvalue weighted by Crippen LogP contribution is 2.25. The van der Waals surface area contributed by atoms with E-state index in [1.807, 2.05) is 17.5 Å².